The topological polar surface area (TPSA) is 61.4 Å². The van der Waals surface area contributed by atoms with Crippen LogP contribution in [0.2, 0.25) is 0 Å². The summed E-state index contributed by atoms with van der Waals surface area (Å²) in [6.45, 7) is 2.31. The van der Waals surface area contributed by atoms with E-state index in [1.165, 1.54) is 39.0 Å². The quantitative estimate of drug-likeness (QED) is 0.755. The molecule has 4 nitrogen and oxygen atoms in total. The van der Waals surface area contributed by atoms with Crippen molar-refractivity contribution in [1.29, 1.82) is 0 Å². The summed E-state index contributed by atoms with van der Waals surface area (Å²) in [6, 6.07) is 8.05. The van der Waals surface area contributed by atoms with Crippen molar-refractivity contribution in [2.24, 2.45) is 0 Å². The zero-order valence-corrected chi connectivity index (χ0v) is 12.8. The predicted octanol–water partition coefficient (Wildman–Crippen LogP) is 2.99. The van der Waals surface area contributed by atoms with Gasteiger partial charge in [-0.1, -0.05) is 31.4 Å². The van der Waals surface area contributed by atoms with Crippen molar-refractivity contribution in [3.63, 3.8) is 0 Å². The molecule has 0 spiro atoms. The average molecular weight is 290 g/mol. The number of aliphatic hydroxyl groups excluding tert-OH is 1. The molecular formula is C17H26N2O2. The van der Waals surface area contributed by atoms with Gasteiger partial charge >= 0.3 is 0 Å². The van der Waals surface area contributed by atoms with Gasteiger partial charge in [-0.25, -0.2) is 0 Å². The van der Waals surface area contributed by atoms with Crippen LogP contribution >= 0.6 is 0 Å². The number of hydrogen-bond donors (Lipinski definition) is 3. The van der Waals surface area contributed by atoms with E-state index in [-0.39, 0.29) is 5.91 Å². The van der Waals surface area contributed by atoms with Gasteiger partial charge in [-0.15, -0.1) is 0 Å². The summed E-state index contributed by atoms with van der Waals surface area (Å²) < 4.78 is 0. The van der Waals surface area contributed by atoms with Crippen LogP contribution in [0.4, 0.5) is 5.69 Å². The van der Waals surface area contributed by atoms with Gasteiger partial charge in [0.05, 0.1) is 6.10 Å². The number of hydrogen-bond acceptors (Lipinski definition) is 3. The van der Waals surface area contributed by atoms with Crippen LogP contribution < -0.4 is 10.6 Å². The molecule has 1 unspecified atom stereocenters. The second-order valence-electron chi connectivity index (χ2n) is 5.90. The maximum Gasteiger partial charge on any atom is 0.221 e. The lowest BCUT2D eigenvalue weighted by Gasteiger charge is -2.23. The molecule has 0 aliphatic heterocycles. The van der Waals surface area contributed by atoms with Gasteiger partial charge in [-0.3, -0.25) is 4.79 Å². The van der Waals surface area contributed by atoms with E-state index in [4.69, 9.17) is 0 Å². The van der Waals surface area contributed by atoms with Crippen LogP contribution in [-0.4, -0.2) is 23.6 Å². The first-order valence-corrected chi connectivity index (χ1v) is 7.94. The maximum absolute atomic E-state index is 11.1. The van der Waals surface area contributed by atoms with Crippen LogP contribution in [0, 0.1) is 0 Å². The van der Waals surface area contributed by atoms with Gasteiger partial charge in [0.2, 0.25) is 5.91 Å². The van der Waals surface area contributed by atoms with Crippen molar-refractivity contribution in [2.45, 2.75) is 57.6 Å². The van der Waals surface area contributed by atoms with E-state index in [1.54, 1.807) is 0 Å². The molecule has 1 amide bonds. The third-order valence-corrected chi connectivity index (χ3v) is 4.05. The molecule has 0 heterocycles. The fraction of sp³-hybridized carbons (Fsp3) is 0.588. The summed E-state index contributed by atoms with van der Waals surface area (Å²) in [5.41, 5.74) is 1.59. The molecule has 21 heavy (non-hydrogen) atoms. The predicted molar refractivity (Wildman–Crippen MR) is 85.2 cm³/mol. The molecule has 116 valence electrons. The van der Waals surface area contributed by atoms with E-state index < -0.39 is 6.10 Å². The summed E-state index contributed by atoms with van der Waals surface area (Å²) in [4.78, 5) is 11.1. The molecule has 1 atom stereocenters. The fourth-order valence-corrected chi connectivity index (χ4v) is 2.92. The van der Waals surface area contributed by atoms with Gasteiger partial charge in [0.1, 0.15) is 0 Å². The molecule has 1 aromatic rings. The molecule has 1 aromatic carbocycles. The van der Waals surface area contributed by atoms with E-state index in [0.717, 1.165) is 17.8 Å². The number of carbonyl (C=O) groups excluding carboxylic acids is 1. The normalized spacial score (nSPS) is 17.4. The summed E-state index contributed by atoms with van der Waals surface area (Å²) in [6.07, 6.45) is 6.71. The average Bonchev–Trinajstić information content (AvgIpc) is 2.48. The van der Waals surface area contributed by atoms with Crippen LogP contribution in [0.1, 0.15) is 57.1 Å². The molecule has 4 heteroatoms. The Labute approximate surface area is 126 Å². The first kappa shape index (κ1) is 16.0. The minimum atomic E-state index is -0.491. The van der Waals surface area contributed by atoms with E-state index in [9.17, 15) is 9.90 Å². The van der Waals surface area contributed by atoms with Gasteiger partial charge in [0.25, 0.3) is 0 Å². The Morgan fingerprint density at radius 3 is 2.81 bits per heavy atom. The number of rotatable bonds is 6. The van der Waals surface area contributed by atoms with Crippen molar-refractivity contribution < 1.29 is 9.90 Å². The van der Waals surface area contributed by atoms with Crippen molar-refractivity contribution >= 4 is 11.6 Å². The molecule has 1 saturated carbocycles. The lowest BCUT2D eigenvalue weighted by atomic mass is 9.95. The van der Waals surface area contributed by atoms with Crippen LogP contribution in [-0.2, 0) is 4.79 Å². The van der Waals surface area contributed by atoms with Gasteiger partial charge in [-0.2, -0.15) is 0 Å². The standard InChI is InChI=1S/C17H26N2O2/c1-13(20)19-16-9-5-6-14(12-16)17(21)10-11-18-15-7-3-2-4-8-15/h5-6,9,12,15,17-18,21H,2-4,7-8,10-11H2,1H3,(H,19,20). The van der Waals surface area contributed by atoms with Gasteiger partial charge in [0, 0.05) is 18.7 Å². The highest BCUT2D eigenvalue weighted by atomic mass is 16.3. The minimum Gasteiger partial charge on any atom is -0.388 e. The molecule has 1 fully saturated rings. The Hall–Kier alpha value is -1.39. The molecule has 1 aliphatic carbocycles. The number of nitrogens with one attached hydrogen (secondary N) is 2. The van der Waals surface area contributed by atoms with E-state index in [1.807, 2.05) is 24.3 Å². The first-order chi connectivity index (χ1) is 10.1. The van der Waals surface area contributed by atoms with Gasteiger partial charge in [0.15, 0.2) is 0 Å². The van der Waals surface area contributed by atoms with Gasteiger partial charge in [-0.05, 0) is 43.5 Å². The smallest absolute Gasteiger partial charge is 0.221 e. The molecule has 3 N–H and O–H groups in total. The maximum atomic E-state index is 11.1. The zero-order chi connectivity index (χ0) is 15.1. The minimum absolute atomic E-state index is 0.0967. The number of aliphatic hydroxyl groups is 1. The Morgan fingerprint density at radius 2 is 2.10 bits per heavy atom. The number of carbonyl (C=O) groups is 1. The molecule has 2 rings (SSSR count). The highest BCUT2D eigenvalue weighted by Gasteiger charge is 2.14. The molecule has 0 radical (unpaired) electrons. The Kier molecular flexibility index (Phi) is 6.21. The largest absolute Gasteiger partial charge is 0.388 e. The monoisotopic (exact) mass is 290 g/mol. The van der Waals surface area contributed by atoms with Crippen LogP contribution in [0.3, 0.4) is 0 Å². The van der Waals surface area contributed by atoms with E-state index >= 15 is 0 Å². The molecule has 0 aromatic heterocycles. The van der Waals surface area contributed by atoms with Crippen molar-refractivity contribution in [2.75, 3.05) is 11.9 Å². The Balaban J connectivity index is 1.79. The number of amides is 1. The van der Waals surface area contributed by atoms with Crippen LogP contribution in [0.5, 0.6) is 0 Å². The van der Waals surface area contributed by atoms with E-state index in [2.05, 4.69) is 10.6 Å². The highest BCUT2D eigenvalue weighted by molar-refractivity contribution is 5.88. The summed E-state index contributed by atoms with van der Waals surface area (Å²) >= 11 is 0. The summed E-state index contributed by atoms with van der Waals surface area (Å²) in [5.74, 6) is -0.0967. The lowest BCUT2D eigenvalue weighted by molar-refractivity contribution is -0.114. The Morgan fingerprint density at radius 1 is 1.33 bits per heavy atom. The first-order valence-electron chi connectivity index (χ1n) is 7.94. The van der Waals surface area contributed by atoms with Crippen LogP contribution in [0.15, 0.2) is 24.3 Å². The molecular weight excluding hydrogens is 264 g/mol. The van der Waals surface area contributed by atoms with Crippen molar-refractivity contribution in [3.8, 4) is 0 Å². The van der Waals surface area contributed by atoms with Crippen LogP contribution in [0.25, 0.3) is 0 Å². The third kappa shape index (κ3) is 5.48. The SMILES string of the molecule is CC(=O)Nc1cccc(C(O)CCNC2CCCCC2)c1. The van der Waals surface area contributed by atoms with E-state index in [0.29, 0.717) is 12.5 Å². The molecule has 0 bridgehead atoms. The second kappa shape index (κ2) is 8.15. The third-order valence-electron chi connectivity index (χ3n) is 4.05. The Bertz CT molecular complexity index is 456. The molecule has 0 saturated heterocycles. The summed E-state index contributed by atoms with van der Waals surface area (Å²) in [7, 11) is 0. The fourth-order valence-electron chi connectivity index (χ4n) is 2.92. The molecule has 1 aliphatic rings. The highest BCUT2D eigenvalue weighted by Crippen LogP contribution is 2.21. The van der Waals surface area contributed by atoms with Gasteiger partial charge < -0.3 is 15.7 Å². The number of anilines is 1. The van der Waals surface area contributed by atoms with Crippen molar-refractivity contribution in [3.05, 3.63) is 29.8 Å². The lowest BCUT2D eigenvalue weighted by Crippen LogP contribution is -2.32. The second-order valence-corrected chi connectivity index (χ2v) is 5.90. The summed E-state index contributed by atoms with van der Waals surface area (Å²) in [5, 5.41) is 16.5. The van der Waals surface area contributed by atoms with Crippen molar-refractivity contribution in [1.82, 2.24) is 5.32 Å². The number of benzene rings is 1. The zero-order valence-electron chi connectivity index (χ0n) is 12.8.